The van der Waals surface area contributed by atoms with Gasteiger partial charge in [-0.2, -0.15) is 0 Å². The Hall–Kier alpha value is 0.537. The van der Waals surface area contributed by atoms with E-state index in [2.05, 4.69) is 64.6 Å². The molecule has 0 aliphatic carbocycles. The van der Waals surface area contributed by atoms with Gasteiger partial charge in [0.25, 0.3) is 0 Å². The summed E-state index contributed by atoms with van der Waals surface area (Å²) >= 11 is -0.308. The summed E-state index contributed by atoms with van der Waals surface area (Å²) in [5.74, 6) is 2.13. The number of unbranched alkanes of at least 4 members (excludes halogenated alkanes) is 6. The molecule has 0 aliphatic heterocycles. The molecular formula is C28H58Si2Zn. The molecule has 0 aromatic rings. The van der Waals surface area contributed by atoms with Gasteiger partial charge in [-0.3, -0.25) is 0 Å². The Morgan fingerprint density at radius 2 is 0.968 bits per heavy atom. The first-order valence-corrected chi connectivity index (χ1v) is 24.7. The second-order valence-corrected chi connectivity index (χ2v) is 25.4. The maximum absolute atomic E-state index is 4.03. The zero-order chi connectivity index (χ0) is 23.6. The fourth-order valence-electron chi connectivity index (χ4n) is 4.74. The fourth-order valence-corrected chi connectivity index (χ4v) is 13.3. The van der Waals surface area contributed by atoms with E-state index < -0.39 is 16.1 Å². The Morgan fingerprint density at radius 1 is 0.613 bits per heavy atom. The molecular weight excluding hydrogens is 458 g/mol. The van der Waals surface area contributed by atoms with E-state index in [1.165, 1.54) is 89.1 Å². The molecule has 3 heteroatoms. The van der Waals surface area contributed by atoms with E-state index >= 15 is 0 Å². The Kier molecular flexibility index (Phi) is 19.2. The quantitative estimate of drug-likeness (QED) is 0.0992. The van der Waals surface area contributed by atoms with Crippen molar-refractivity contribution in [2.45, 2.75) is 139 Å². The summed E-state index contributed by atoms with van der Waals surface area (Å²) in [6.45, 7) is 22.8. The van der Waals surface area contributed by atoms with Gasteiger partial charge < -0.3 is 0 Å². The topological polar surface area (TPSA) is 0 Å². The Balaban J connectivity index is 3.80. The molecule has 0 aromatic heterocycles. The van der Waals surface area contributed by atoms with Gasteiger partial charge in [-0.15, -0.1) is 0 Å². The van der Waals surface area contributed by atoms with Crippen molar-refractivity contribution < 1.29 is 17.1 Å². The van der Waals surface area contributed by atoms with Crippen LogP contribution in [0.2, 0.25) is 48.3 Å². The molecule has 0 amide bonds. The van der Waals surface area contributed by atoms with Gasteiger partial charge in [0.05, 0.1) is 0 Å². The van der Waals surface area contributed by atoms with Crippen LogP contribution in [-0.4, -0.2) is 16.1 Å². The average Bonchev–Trinajstić information content (AvgIpc) is 2.75. The molecule has 0 aliphatic rings. The third-order valence-corrected chi connectivity index (χ3v) is 18.5. The molecule has 2 unspecified atom stereocenters. The van der Waals surface area contributed by atoms with Crippen molar-refractivity contribution >= 4 is 16.1 Å². The second-order valence-electron chi connectivity index (χ2n) is 11.8. The summed E-state index contributed by atoms with van der Waals surface area (Å²) in [5.41, 5.74) is 4.53. The number of rotatable bonds is 22. The summed E-state index contributed by atoms with van der Waals surface area (Å²) in [6, 6.07) is 2.88. The molecule has 0 bridgehead atoms. The van der Waals surface area contributed by atoms with Crippen molar-refractivity contribution in [3.05, 3.63) is 24.6 Å². The van der Waals surface area contributed by atoms with Crippen LogP contribution in [0.15, 0.2) is 24.6 Å². The first-order chi connectivity index (χ1) is 14.7. The van der Waals surface area contributed by atoms with E-state index in [-0.39, 0.29) is 17.1 Å². The normalized spacial score (nSPS) is 14.1. The van der Waals surface area contributed by atoms with Gasteiger partial charge in [0, 0.05) is 0 Å². The summed E-state index contributed by atoms with van der Waals surface area (Å²) in [4.78, 5) is 0. The van der Waals surface area contributed by atoms with Crippen LogP contribution in [0, 0.1) is 11.8 Å². The zero-order valence-electron chi connectivity index (χ0n) is 22.7. The first-order valence-electron chi connectivity index (χ1n) is 14.0. The van der Waals surface area contributed by atoms with E-state index in [9.17, 15) is 0 Å². The molecule has 0 radical (unpaired) electrons. The van der Waals surface area contributed by atoms with E-state index in [1.807, 2.05) is 0 Å². The number of hydrogen-bond donors (Lipinski definition) is 0. The standard InChI is InChI=1S/2C14H29Si.Zn/c2*1-6-14(3)12-10-8-9-11-13-15(4,5)7-2;/h2*7,14H,2-3,6,8-13H2,1,4-5H3;. The molecule has 0 saturated heterocycles. The summed E-state index contributed by atoms with van der Waals surface area (Å²) < 4.78 is 0. The predicted octanol–water partition coefficient (Wildman–Crippen LogP) is 10.7. The van der Waals surface area contributed by atoms with Gasteiger partial charge in [-0.25, -0.2) is 0 Å². The Labute approximate surface area is 208 Å². The van der Waals surface area contributed by atoms with E-state index in [0.717, 1.165) is 11.8 Å². The fraction of sp³-hybridized carbons (Fsp3) is 0.857. The van der Waals surface area contributed by atoms with Crippen LogP contribution in [0.1, 0.15) is 90.9 Å². The second kappa shape index (κ2) is 18.9. The van der Waals surface area contributed by atoms with Crippen molar-refractivity contribution in [2.75, 3.05) is 0 Å². The predicted molar refractivity (Wildman–Crippen MR) is 148 cm³/mol. The SMILES string of the molecule is C=C[Si](C)(C)CCCCCCC(CC)[CH2][Zn][CH2]C(CC)CCCCCC[Si](C)(C)C=C. The van der Waals surface area contributed by atoms with Crippen LogP contribution in [0.25, 0.3) is 0 Å². The van der Waals surface area contributed by atoms with E-state index in [4.69, 9.17) is 0 Å². The Morgan fingerprint density at radius 3 is 1.29 bits per heavy atom. The van der Waals surface area contributed by atoms with Crippen molar-refractivity contribution in [2.24, 2.45) is 11.8 Å². The third kappa shape index (κ3) is 18.6. The minimum atomic E-state index is -1.06. The van der Waals surface area contributed by atoms with Gasteiger partial charge in [-0.1, -0.05) is 0 Å². The van der Waals surface area contributed by atoms with E-state index in [0.29, 0.717) is 0 Å². The average molecular weight is 516 g/mol. The van der Waals surface area contributed by atoms with Gasteiger partial charge in [0.15, 0.2) is 0 Å². The van der Waals surface area contributed by atoms with Crippen LogP contribution in [0.4, 0.5) is 0 Å². The zero-order valence-corrected chi connectivity index (χ0v) is 27.7. The van der Waals surface area contributed by atoms with Crippen LogP contribution < -0.4 is 0 Å². The summed E-state index contributed by atoms with van der Waals surface area (Å²) in [7, 11) is -2.11. The van der Waals surface area contributed by atoms with Gasteiger partial charge in [0.2, 0.25) is 0 Å². The molecule has 31 heavy (non-hydrogen) atoms. The monoisotopic (exact) mass is 514 g/mol. The van der Waals surface area contributed by atoms with Crippen LogP contribution in [-0.2, 0) is 17.1 Å². The van der Waals surface area contributed by atoms with Gasteiger partial charge in [-0.05, 0) is 0 Å². The Bertz CT molecular complexity index is 404. The maximum atomic E-state index is 4.03. The van der Waals surface area contributed by atoms with Crippen LogP contribution >= 0.6 is 0 Å². The number of hydrogen-bond acceptors (Lipinski definition) is 0. The van der Waals surface area contributed by atoms with Gasteiger partial charge in [0.1, 0.15) is 0 Å². The van der Waals surface area contributed by atoms with Crippen LogP contribution in [0.5, 0.6) is 0 Å². The van der Waals surface area contributed by atoms with Crippen molar-refractivity contribution in [1.82, 2.24) is 0 Å². The van der Waals surface area contributed by atoms with E-state index in [1.54, 1.807) is 10.0 Å². The van der Waals surface area contributed by atoms with Gasteiger partial charge >= 0.3 is 209 Å². The molecule has 0 rings (SSSR count). The van der Waals surface area contributed by atoms with Crippen molar-refractivity contribution in [1.29, 1.82) is 0 Å². The molecule has 0 fully saturated rings. The summed E-state index contributed by atoms with van der Waals surface area (Å²) in [6.07, 6.45) is 17.6. The van der Waals surface area contributed by atoms with Crippen molar-refractivity contribution in [3.8, 4) is 0 Å². The third-order valence-electron chi connectivity index (χ3n) is 7.85. The minimum absolute atomic E-state index is 0.308. The molecule has 0 N–H and O–H groups in total. The molecule has 2 atom stereocenters. The molecule has 0 aromatic carbocycles. The molecule has 0 nitrogen and oxygen atoms in total. The molecule has 0 spiro atoms. The summed E-state index contributed by atoms with van der Waals surface area (Å²) in [5, 5.41) is 3.33. The molecule has 0 heterocycles. The van der Waals surface area contributed by atoms with Crippen LogP contribution in [0.3, 0.4) is 0 Å². The van der Waals surface area contributed by atoms with Crippen molar-refractivity contribution in [3.63, 3.8) is 0 Å². The molecule has 0 saturated carbocycles. The first kappa shape index (κ1) is 31.5. The molecule has 180 valence electrons.